The van der Waals surface area contributed by atoms with Crippen LogP contribution in [0, 0.1) is 0 Å². The number of amides is 1. The number of nitrogens with zero attached hydrogens (tertiary/aromatic N) is 3. The largest absolute Gasteiger partial charge is 0.379 e. The Morgan fingerprint density at radius 2 is 2.10 bits per heavy atom. The fourth-order valence-electron chi connectivity index (χ4n) is 3.15. The van der Waals surface area contributed by atoms with E-state index in [9.17, 15) is 4.79 Å². The second kappa shape index (κ2) is 8.68. The fraction of sp³-hybridized carbons (Fsp3) is 0.933. The summed E-state index contributed by atoms with van der Waals surface area (Å²) in [6.45, 7) is 8.34. The summed E-state index contributed by atoms with van der Waals surface area (Å²) in [5.74, 6) is 0.235. The maximum atomic E-state index is 12.0. The van der Waals surface area contributed by atoms with Gasteiger partial charge in [0.2, 0.25) is 5.91 Å². The van der Waals surface area contributed by atoms with Crippen LogP contribution in [0.2, 0.25) is 0 Å². The molecule has 0 aromatic heterocycles. The van der Waals surface area contributed by atoms with Crippen LogP contribution in [0.5, 0.6) is 0 Å². The summed E-state index contributed by atoms with van der Waals surface area (Å²) in [6, 6.07) is 0.652. The standard InChI is InChI=1S/C15H30N4O2/c1-17(6-2-5-16)15(20)4-8-18-7-3-14(13-18)19-9-11-21-12-10-19/h14H,2-13,16H2,1H3. The van der Waals surface area contributed by atoms with E-state index in [0.717, 1.165) is 58.9 Å². The van der Waals surface area contributed by atoms with Crippen LogP contribution >= 0.6 is 0 Å². The molecule has 0 bridgehead atoms. The summed E-state index contributed by atoms with van der Waals surface area (Å²) in [5.41, 5.74) is 5.48. The smallest absolute Gasteiger partial charge is 0.223 e. The molecule has 2 N–H and O–H groups in total. The number of likely N-dealkylation sites (tertiary alicyclic amines) is 1. The van der Waals surface area contributed by atoms with Crippen molar-refractivity contribution in [1.82, 2.24) is 14.7 Å². The minimum Gasteiger partial charge on any atom is -0.379 e. The van der Waals surface area contributed by atoms with Crippen molar-refractivity contribution in [2.75, 3.05) is 66.1 Å². The van der Waals surface area contributed by atoms with E-state index in [0.29, 0.717) is 19.0 Å². The van der Waals surface area contributed by atoms with Crippen LogP contribution in [0.15, 0.2) is 0 Å². The molecule has 2 aliphatic heterocycles. The van der Waals surface area contributed by atoms with Gasteiger partial charge in [0.05, 0.1) is 13.2 Å². The normalized spacial score (nSPS) is 24.4. The molecule has 2 saturated heterocycles. The van der Waals surface area contributed by atoms with Gasteiger partial charge in [-0.1, -0.05) is 0 Å². The van der Waals surface area contributed by atoms with E-state index in [-0.39, 0.29) is 5.91 Å². The van der Waals surface area contributed by atoms with Crippen LogP contribution in [0.3, 0.4) is 0 Å². The molecule has 122 valence electrons. The monoisotopic (exact) mass is 298 g/mol. The van der Waals surface area contributed by atoms with Crippen molar-refractivity contribution in [3.05, 3.63) is 0 Å². The van der Waals surface area contributed by atoms with E-state index in [1.54, 1.807) is 0 Å². The van der Waals surface area contributed by atoms with E-state index in [1.165, 1.54) is 6.42 Å². The van der Waals surface area contributed by atoms with Crippen molar-refractivity contribution in [2.45, 2.75) is 25.3 Å². The molecule has 0 saturated carbocycles. The van der Waals surface area contributed by atoms with Gasteiger partial charge in [0, 0.05) is 52.2 Å². The lowest BCUT2D eigenvalue weighted by molar-refractivity contribution is -0.130. The SMILES string of the molecule is CN(CCCN)C(=O)CCN1CCC(N2CCOCC2)C1. The van der Waals surface area contributed by atoms with Gasteiger partial charge in [0.25, 0.3) is 0 Å². The van der Waals surface area contributed by atoms with Crippen LogP contribution in [0.4, 0.5) is 0 Å². The Kier molecular flexibility index (Phi) is 6.89. The Morgan fingerprint density at radius 1 is 1.33 bits per heavy atom. The second-order valence-electron chi connectivity index (χ2n) is 6.10. The first-order valence-electron chi connectivity index (χ1n) is 8.19. The van der Waals surface area contributed by atoms with E-state index >= 15 is 0 Å². The molecule has 1 unspecified atom stereocenters. The Hall–Kier alpha value is -0.690. The van der Waals surface area contributed by atoms with Gasteiger partial charge >= 0.3 is 0 Å². The van der Waals surface area contributed by atoms with E-state index in [2.05, 4.69) is 9.80 Å². The predicted octanol–water partition coefficient (Wildman–Crippen LogP) is -0.410. The Morgan fingerprint density at radius 3 is 2.81 bits per heavy atom. The van der Waals surface area contributed by atoms with Gasteiger partial charge in [0.1, 0.15) is 0 Å². The molecule has 2 heterocycles. The molecule has 0 aliphatic carbocycles. The molecule has 0 aromatic rings. The Balaban J connectivity index is 1.64. The summed E-state index contributed by atoms with van der Waals surface area (Å²) >= 11 is 0. The number of carbonyl (C=O) groups excluding carboxylic acids is 1. The van der Waals surface area contributed by atoms with Gasteiger partial charge in [-0.2, -0.15) is 0 Å². The first-order chi connectivity index (χ1) is 10.2. The highest BCUT2D eigenvalue weighted by atomic mass is 16.5. The van der Waals surface area contributed by atoms with Crippen molar-refractivity contribution in [3.63, 3.8) is 0 Å². The summed E-state index contributed by atoms with van der Waals surface area (Å²) in [4.78, 5) is 18.8. The molecule has 1 atom stereocenters. The molecule has 2 rings (SSSR count). The number of carbonyl (C=O) groups is 1. The summed E-state index contributed by atoms with van der Waals surface area (Å²) < 4.78 is 5.41. The number of nitrogens with two attached hydrogens (primary N) is 1. The third-order valence-electron chi connectivity index (χ3n) is 4.57. The van der Waals surface area contributed by atoms with Crippen molar-refractivity contribution in [3.8, 4) is 0 Å². The third kappa shape index (κ3) is 5.21. The topological polar surface area (TPSA) is 62.0 Å². The molecular formula is C15H30N4O2. The second-order valence-corrected chi connectivity index (χ2v) is 6.10. The molecular weight excluding hydrogens is 268 g/mol. The molecule has 0 spiro atoms. The van der Waals surface area contributed by atoms with Crippen LogP contribution in [0.1, 0.15) is 19.3 Å². The zero-order chi connectivity index (χ0) is 15.1. The minimum atomic E-state index is 0.235. The molecule has 21 heavy (non-hydrogen) atoms. The number of hydrogen-bond donors (Lipinski definition) is 1. The van der Waals surface area contributed by atoms with Gasteiger partial charge in [-0.25, -0.2) is 0 Å². The molecule has 0 radical (unpaired) electrons. The summed E-state index contributed by atoms with van der Waals surface area (Å²) in [5, 5.41) is 0. The van der Waals surface area contributed by atoms with Gasteiger partial charge in [-0.05, 0) is 25.9 Å². The van der Waals surface area contributed by atoms with Crippen molar-refractivity contribution >= 4 is 5.91 Å². The third-order valence-corrected chi connectivity index (χ3v) is 4.57. The van der Waals surface area contributed by atoms with Gasteiger partial charge < -0.3 is 20.3 Å². The van der Waals surface area contributed by atoms with Crippen LogP contribution in [-0.2, 0) is 9.53 Å². The van der Waals surface area contributed by atoms with E-state index < -0.39 is 0 Å². The average Bonchev–Trinajstić information content (AvgIpc) is 3.00. The zero-order valence-electron chi connectivity index (χ0n) is 13.3. The summed E-state index contributed by atoms with van der Waals surface area (Å²) in [6.07, 6.45) is 2.72. The highest BCUT2D eigenvalue weighted by Gasteiger charge is 2.28. The van der Waals surface area contributed by atoms with Gasteiger partial charge in [0.15, 0.2) is 0 Å². The van der Waals surface area contributed by atoms with Crippen molar-refractivity contribution in [2.24, 2.45) is 5.73 Å². The minimum absolute atomic E-state index is 0.235. The molecule has 6 nitrogen and oxygen atoms in total. The Bertz CT molecular complexity index is 321. The fourth-order valence-corrected chi connectivity index (χ4v) is 3.15. The molecule has 1 amide bonds. The lowest BCUT2D eigenvalue weighted by Gasteiger charge is -2.32. The number of morpholine rings is 1. The number of ether oxygens (including phenoxy) is 1. The molecule has 6 heteroatoms. The van der Waals surface area contributed by atoms with Gasteiger partial charge in [-0.15, -0.1) is 0 Å². The lowest BCUT2D eigenvalue weighted by atomic mass is 10.2. The Labute approximate surface area is 128 Å². The number of hydrogen-bond acceptors (Lipinski definition) is 5. The average molecular weight is 298 g/mol. The van der Waals surface area contributed by atoms with Gasteiger partial charge in [-0.3, -0.25) is 9.69 Å². The first kappa shape index (κ1) is 16.7. The van der Waals surface area contributed by atoms with Crippen LogP contribution in [0.25, 0.3) is 0 Å². The van der Waals surface area contributed by atoms with E-state index in [1.807, 2.05) is 11.9 Å². The quantitative estimate of drug-likeness (QED) is 0.692. The van der Waals surface area contributed by atoms with E-state index in [4.69, 9.17) is 10.5 Å². The van der Waals surface area contributed by atoms with Crippen molar-refractivity contribution in [1.29, 1.82) is 0 Å². The highest BCUT2D eigenvalue weighted by Crippen LogP contribution is 2.17. The molecule has 0 aromatic carbocycles. The molecule has 2 fully saturated rings. The molecule has 2 aliphatic rings. The summed E-state index contributed by atoms with van der Waals surface area (Å²) in [7, 11) is 1.87. The first-order valence-corrected chi connectivity index (χ1v) is 8.19. The maximum absolute atomic E-state index is 12.0. The van der Waals surface area contributed by atoms with Crippen molar-refractivity contribution < 1.29 is 9.53 Å². The predicted molar refractivity (Wildman–Crippen MR) is 83.2 cm³/mol. The van der Waals surface area contributed by atoms with Crippen LogP contribution in [-0.4, -0.2) is 92.7 Å². The zero-order valence-corrected chi connectivity index (χ0v) is 13.3. The number of rotatable bonds is 7. The lowest BCUT2D eigenvalue weighted by Crippen LogP contribution is -2.44. The maximum Gasteiger partial charge on any atom is 0.223 e. The highest BCUT2D eigenvalue weighted by molar-refractivity contribution is 5.76. The van der Waals surface area contributed by atoms with Crippen LogP contribution < -0.4 is 5.73 Å².